The van der Waals surface area contributed by atoms with E-state index in [0.29, 0.717) is 5.75 Å². The maximum absolute atomic E-state index is 9.51. The van der Waals surface area contributed by atoms with Gasteiger partial charge in [0.2, 0.25) is 0 Å². The molecular formula is C10H13NO. The fraction of sp³-hybridized carbons (Fsp3) is 0.400. The van der Waals surface area contributed by atoms with Crippen molar-refractivity contribution in [2.24, 2.45) is 5.73 Å². The molecule has 3 N–H and O–H groups in total. The molecule has 1 unspecified atom stereocenters. The minimum Gasteiger partial charge on any atom is -0.508 e. The molecule has 12 heavy (non-hydrogen) atoms. The van der Waals surface area contributed by atoms with Crippen molar-refractivity contribution in [1.82, 2.24) is 0 Å². The van der Waals surface area contributed by atoms with Crippen LogP contribution in [0.3, 0.4) is 0 Å². The van der Waals surface area contributed by atoms with E-state index in [-0.39, 0.29) is 5.54 Å². The minimum absolute atomic E-state index is 0.166. The summed E-state index contributed by atoms with van der Waals surface area (Å²) in [5.41, 5.74) is 8.04. The predicted molar refractivity (Wildman–Crippen MR) is 48.1 cm³/mol. The fourth-order valence-electron chi connectivity index (χ4n) is 1.89. The second-order valence-corrected chi connectivity index (χ2v) is 3.92. The molecule has 1 aliphatic rings. The number of hydrogen-bond donors (Lipinski definition) is 2. The van der Waals surface area contributed by atoms with Crippen molar-refractivity contribution in [3.8, 4) is 5.75 Å². The number of fused-ring (bicyclic) bond motifs is 1. The van der Waals surface area contributed by atoms with Gasteiger partial charge in [-0.2, -0.15) is 0 Å². The number of rotatable bonds is 0. The normalized spacial score (nSPS) is 27.2. The molecule has 0 aromatic heterocycles. The van der Waals surface area contributed by atoms with E-state index in [4.69, 9.17) is 5.73 Å². The van der Waals surface area contributed by atoms with E-state index in [0.717, 1.165) is 18.4 Å². The van der Waals surface area contributed by atoms with E-state index in [2.05, 4.69) is 0 Å². The van der Waals surface area contributed by atoms with E-state index in [1.807, 2.05) is 19.1 Å². The standard InChI is InChI=1S/C10H13NO/c1-10(11)5-7-3-2-4-9(12)8(7)6-10/h2-4,12H,5-6,11H2,1H3. The molecule has 2 rings (SSSR count). The summed E-state index contributed by atoms with van der Waals surface area (Å²) in [6, 6.07) is 5.63. The van der Waals surface area contributed by atoms with Gasteiger partial charge in [-0.05, 0) is 37.0 Å². The molecule has 0 saturated heterocycles. The van der Waals surface area contributed by atoms with Crippen LogP contribution in [-0.2, 0) is 12.8 Å². The summed E-state index contributed by atoms with van der Waals surface area (Å²) in [5, 5.41) is 9.51. The van der Waals surface area contributed by atoms with Crippen LogP contribution in [0.4, 0.5) is 0 Å². The molecule has 2 heteroatoms. The molecule has 0 radical (unpaired) electrons. The van der Waals surface area contributed by atoms with E-state index in [1.165, 1.54) is 5.56 Å². The van der Waals surface area contributed by atoms with Crippen LogP contribution in [0.25, 0.3) is 0 Å². The topological polar surface area (TPSA) is 46.2 Å². The molecule has 0 spiro atoms. The minimum atomic E-state index is -0.166. The third-order valence-corrected chi connectivity index (χ3v) is 2.42. The maximum atomic E-state index is 9.51. The molecule has 0 saturated carbocycles. The Morgan fingerprint density at radius 1 is 1.42 bits per heavy atom. The van der Waals surface area contributed by atoms with Crippen LogP contribution >= 0.6 is 0 Å². The summed E-state index contributed by atoms with van der Waals surface area (Å²) >= 11 is 0. The van der Waals surface area contributed by atoms with Crippen molar-refractivity contribution in [2.75, 3.05) is 0 Å². The van der Waals surface area contributed by atoms with Crippen LogP contribution in [0.1, 0.15) is 18.1 Å². The fourth-order valence-corrected chi connectivity index (χ4v) is 1.89. The molecule has 1 aromatic rings. The van der Waals surface area contributed by atoms with Crippen molar-refractivity contribution in [3.05, 3.63) is 29.3 Å². The van der Waals surface area contributed by atoms with Gasteiger partial charge in [-0.1, -0.05) is 12.1 Å². The van der Waals surface area contributed by atoms with Gasteiger partial charge in [0.05, 0.1) is 0 Å². The van der Waals surface area contributed by atoms with E-state index < -0.39 is 0 Å². The highest BCUT2D eigenvalue weighted by Crippen LogP contribution is 2.33. The molecule has 0 bridgehead atoms. The lowest BCUT2D eigenvalue weighted by atomic mass is 10.0. The average molecular weight is 163 g/mol. The van der Waals surface area contributed by atoms with Crippen LogP contribution in [-0.4, -0.2) is 10.6 Å². The Kier molecular flexibility index (Phi) is 1.42. The summed E-state index contributed by atoms with van der Waals surface area (Å²) in [6.07, 6.45) is 1.66. The van der Waals surface area contributed by atoms with Crippen molar-refractivity contribution >= 4 is 0 Å². The number of benzene rings is 1. The smallest absolute Gasteiger partial charge is 0.119 e. The molecule has 0 heterocycles. The van der Waals surface area contributed by atoms with Gasteiger partial charge in [0.1, 0.15) is 5.75 Å². The third-order valence-electron chi connectivity index (χ3n) is 2.42. The Balaban J connectivity index is 2.48. The van der Waals surface area contributed by atoms with Crippen LogP contribution in [0.2, 0.25) is 0 Å². The quantitative estimate of drug-likeness (QED) is 0.604. The zero-order valence-electron chi connectivity index (χ0n) is 7.17. The monoisotopic (exact) mass is 163 g/mol. The Labute approximate surface area is 72.0 Å². The predicted octanol–water partition coefficient (Wildman–Crippen LogP) is 1.21. The van der Waals surface area contributed by atoms with Gasteiger partial charge in [-0.3, -0.25) is 0 Å². The Hall–Kier alpha value is -1.02. The van der Waals surface area contributed by atoms with Gasteiger partial charge in [-0.25, -0.2) is 0 Å². The van der Waals surface area contributed by atoms with Gasteiger partial charge >= 0.3 is 0 Å². The first-order valence-corrected chi connectivity index (χ1v) is 4.17. The first-order chi connectivity index (χ1) is 5.58. The van der Waals surface area contributed by atoms with Gasteiger partial charge in [0.25, 0.3) is 0 Å². The SMILES string of the molecule is CC1(N)Cc2cccc(O)c2C1. The number of hydrogen-bond acceptors (Lipinski definition) is 2. The molecule has 0 fully saturated rings. The Morgan fingerprint density at radius 3 is 2.83 bits per heavy atom. The molecule has 64 valence electrons. The highest BCUT2D eigenvalue weighted by atomic mass is 16.3. The second kappa shape index (κ2) is 2.23. The summed E-state index contributed by atoms with van der Waals surface area (Å²) in [7, 11) is 0. The Bertz CT molecular complexity index is 318. The second-order valence-electron chi connectivity index (χ2n) is 3.92. The van der Waals surface area contributed by atoms with E-state index in [9.17, 15) is 5.11 Å². The van der Waals surface area contributed by atoms with Gasteiger partial charge in [0.15, 0.2) is 0 Å². The van der Waals surface area contributed by atoms with Crippen molar-refractivity contribution in [3.63, 3.8) is 0 Å². The van der Waals surface area contributed by atoms with Crippen LogP contribution in [0.5, 0.6) is 5.75 Å². The van der Waals surface area contributed by atoms with Crippen molar-refractivity contribution in [1.29, 1.82) is 0 Å². The molecule has 2 nitrogen and oxygen atoms in total. The highest BCUT2D eigenvalue weighted by molar-refractivity contribution is 5.44. The number of phenols is 1. The van der Waals surface area contributed by atoms with Crippen molar-refractivity contribution in [2.45, 2.75) is 25.3 Å². The van der Waals surface area contributed by atoms with Crippen molar-refractivity contribution < 1.29 is 5.11 Å². The van der Waals surface area contributed by atoms with Gasteiger partial charge < -0.3 is 10.8 Å². The summed E-state index contributed by atoms with van der Waals surface area (Å²) in [5.74, 6) is 0.390. The molecule has 1 aliphatic carbocycles. The highest BCUT2D eigenvalue weighted by Gasteiger charge is 2.30. The lowest BCUT2D eigenvalue weighted by Gasteiger charge is -2.15. The number of nitrogens with two attached hydrogens (primary N) is 1. The molecule has 0 aliphatic heterocycles. The number of aromatic hydroxyl groups is 1. The maximum Gasteiger partial charge on any atom is 0.119 e. The molecule has 0 amide bonds. The summed E-state index contributed by atoms with van der Waals surface area (Å²) < 4.78 is 0. The first kappa shape index (κ1) is 7.62. The lowest BCUT2D eigenvalue weighted by molar-refractivity contribution is 0.457. The zero-order valence-corrected chi connectivity index (χ0v) is 7.17. The van der Waals surface area contributed by atoms with Crippen LogP contribution < -0.4 is 5.73 Å². The third kappa shape index (κ3) is 1.08. The van der Waals surface area contributed by atoms with Crippen LogP contribution in [0.15, 0.2) is 18.2 Å². The summed E-state index contributed by atoms with van der Waals surface area (Å²) in [4.78, 5) is 0. The van der Waals surface area contributed by atoms with E-state index >= 15 is 0 Å². The lowest BCUT2D eigenvalue weighted by Crippen LogP contribution is -2.36. The van der Waals surface area contributed by atoms with E-state index in [1.54, 1.807) is 6.07 Å². The van der Waals surface area contributed by atoms with Gasteiger partial charge in [0, 0.05) is 5.54 Å². The average Bonchev–Trinajstić information content (AvgIpc) is 2.25. The molecular weight excluding hydrogens is 150 g/mol. The van der Waals surface area contributed by atoms with Crippen LogP contribution in [0, 0.1) is 0 Å². The zero-order chi connectivity index (χ0) is 8.77. The molecule has 1 atom stereocenters. The molecule has 1 aromatic carbocycles. The summed E-state index contributed by atoms with van der Waals surface area (Å²) in [6.45, 7) is 2.02. The largest absolute Gasteiger partial charge is 0.508 e. The van der Waals surface area contributed by atoms with Gasteiger partial charge in [-0.15, -0.1) is 0 Å². The first-order valence-electron chi connectivity index (χ1n) is 4.17. The Morgan fingerprint density at radius 2 is 2.17 bits per heavy atom. The number of phenolic OH excluding ortho intramolecular Hbond substituents is 1.